The first-order valence-electron chi connectivity index (χ1n) is 9.84. The normalized spacial score (nSPS) is 11.0. The van der Waals surface area contributed by atoms with Crippen LogP contribution in [0, 0.1) is 27.7 Å². The number of thiazole rings is 1. The SMILES string of the molecule is Cc1ccc(-n2nnc(C(=O)Nc3nc(C)c(Cc4ccc(Cl)cc4)s3)c2C)cc1C. The Balaban J connectivity index is 1.52. The number of benzene rings is 2. The monoisotopic (exact) mass is 451 g/mol. The molecule has 0 saturated heterocycles. The van der Waals surface area contributed by atoms with Gasteiger partial charge in [0.05, 0.1) is 17.1 Å². The quantitative estimate of drug-likeness (QED) is 0.437. The number of nitrogens with one attached hydrogen (secondary N) is 1. The number of amides is 1. The Kier molecular flexibility index (Phi) is 5.89. The summed E-state index contributed by atoms with van der Waals surface area (Å²) < 4.78 is 1.68. The smallest absolute Gasteiger partial charge is 0.279 e. The molecule has 2 aromatic heterocycles. The molecule has 8 heteroatoms. The van der Waals surface area contributed by atoms with Crippen molar-refractivity contribution < 1.29 is 4.79 Å². The molecule has 4 rings (SSSR count). The minimum absolute atomic E-state index is 0.283. The lowest BCUT2D eigenvalue weighted by Crippen LogP contribution is -2.14. The molecule has 0 aliphatic rings. The number of rotatable bonds is 5. The molecular weight excluding hydrogens is 430 g/mol. The van der Waals surface area contributed by atoms with E-state index in [1.807, 2.05) is 63.2 Å². The largest absolute Gasteiger partial charge is 0.296 e. The molecule has 158 valence electrons. The molecule has 0 aliphatic heterocycles. The molecular formula is C23H22ClN5OS. The van der Waals surface area contributed by atoms with Crippen LogP contribution >= 0.6 is 22.9 Å². The zero-order chi connectivity index (χ0) is 22.1. The van der Waals surface area contributed by atoms with Crippen molar-refractivity contribution in [1.29, 1.82) is 0 Å². The van der Waals surface area contributed by atoms with Crippen molar-refractivity contribution in [3.63, 3.8) is 0 Å². The fourth-order valence-corrected chi connectivity index (χ4v) is 4.35. The lowest BCUT2D eigenvalue weighted by molar-refractivity contribution is 0.102. The van der Waals surface area contributed by atoms with Crippen LogP contribution in [0.1, 0.15) is 43.4 Å². The summed E-state index contributed by atoms with van der Waals surface area (Å²) in [6.07, 6.45) is 0.735. The molecule has 2 heterocycles. The minimum atomic E-state index is -0.320. The summed E-state index contributed by atoms with van der Waals surface area (Å²) in [7, 11) is 0. The van der Waals surface area contributed by atoms with E-state index in [1.165, 1.54) is 16.9 Å². The number of anilines is 1. The molecule has 0 unspecified atom stereocenters. The van der Waals surface area contributed by atoms with E-state index in [2.05, 4.69) is 27.5 Å². The third-order valence-electron chi connectivity index (χ3n) is 5.24. The highest BCUT2D eigenvalue weighted by Gasteiger charge is 2.19. The average Bonchev–Trinajstić information content (AvgIpc) is 3.28. The molecule has 0 bridgehead atoms. The lowest BCUT2D eigenvalue weighted by Gasteiger charge is -2.06. The van der Waals surface area contributed by atoms with Gasteiger partial charge in [0.25, 0.3) is 5.91 Å². The van der Waals surface area contributed by atoms with Gasteiger partial charge in [-0.05, 0) is 68.7 Å². The number of carbonyl (C=O) groups excluding carboxylic acids is 1. The Morgan fingerprint density at radius 2 is 1.81 bits per heavy atom. The molecule has 0 aliphatic carbocycles. The van der Waals surface area contributed by atoms with Crippen LogP contribution in [0.4, 0.5) is 5.13 Å². The minimum Gasteiger partial charge on any atom is -0.296 e. The highest BCUT2D eigenvalue weighted by Crippen LogP contribution is 2.26. The van der Waals surface area contributed by atoms with Crippen molar-refractivity contribution in [3.8, 4) is 5.69 Å². The molecule has 0 radical (unpaired) electrons. The third-order valence-corrected chi connectivity index (χ3v) is 6.56. The summed E-state index contributed by atoms with van der Waals surface area (Å²) in [6, 6.07) is 13.8. The second kappa shape index (κ2) is 8.61. The molecule has 6 nitrogen and oxygen atoms in total. The molecule has 0 fully saturated rings. The van der Waals surface area contributed by atoms with Crippen LogP contribution in [-0.2, 0) is 6.42 Å². The fourth-order valence-electron chi connectivity index (χ4n) is 3.23. The van der Waals surface area contributed by atoms with Crippen molar-refractivity contribution in [2.75, 3.05) is 5.32 Å². The number of aryl methyl sites for hydroxylation is 3. The lowest BCUT2D eigenvalue weighted by atomic mass is 10.1. The second-order valence-electron chi connectivity index (χ2n) is 7.49. The van der Waals surface area contributed by atoms with Crippen LogP contribution < -0.4 is 5.32 Å². The number of hydrogen-bond donors (Lipinski definition) is 1. The average molecular weight is 452 g/mol. The topological polar surface area (TPSA) is 72.7 Å². The van der Waals surface area contributed by atoms with E-state index in [0.717, 1.165) is 33.8 Å². The molecule has 0 saturated carbocycles. The first-order chi connectivity index (χ1) is 14.8. The summed E-state index contributed by atoms with van der Waals surface area (Å²) in [5, 5.41) is 12.4. The standard InChI is InChI=1S/C23H22ClN5OS/c1-13-5-10-19(11-14(13)2)29-16(4)21(27-28-29)22(30)26-23-25-15(3)20(31-23)12-17-6-8-18(24)9-7-17/h5-11H,12H2,1-4H3,(H,25,26,30). The molecule has 1 N–H and O–H groups in total. The van der Waals surface area contributed by atoms with E-state index in [1.54, 1.807) is 4.68 Å². The third kappa shape index (κ3) is 4.52. The number of carbonyl (C=O) groups is 1. The van der Waals surface area contributed by atoms with Gasteiger partial charge in [0.1, 0.15) is 0 Å². The molecule has 2 aromatic carbocycles. The first kappa shape index (κ1) is 21.2. The van der Waals surface area contributed by atoms with E-state index >= 15 is 0 Å². The van der Waals surface area contributed by atoms with Crippen molar-refractivity contribution in [2.45, 2.75) is 34.1 Å². The van der Waals surface area contributed by atoms with Crippen LogP contribution in [0.5, 0.6) is 0 Å². The van der Waals surface area contributed by atoms with Crippen LogP contribution in [0.15, 0.2) is 42.5 Å². The Bertz CT molecular complexity index is 1260. The van der Waals surface area contributed by atoms with Gasteiger partial charge in [-0.25, -0.2) is 9.67 Å². The number of nitrogens with zero attached hydrogens (tertiary/aromatic N) is 4. The zero-order valence-electron chi connectivity index (χ0n) is 17.7. The van der Waals surface area contributed by atoms with Gasteiger partial charge in [0, 0.05) is 16.3 Å². The predicted octanol–water partition coefficient (Wildman–Crippen LogP) is 5.45. The summed E-state index contributed by atoms with van der Waals surface area (Å²) >= 11 is 7.43. The van der Waals surface area contributed by atoms with Crippen LogP contribution in [0.2, 0.25) is 5.02 Å². The van der Waals surface area contributed by atoms with Crippen LogP contribution in [-0.4, -0.2) is 25.9 Å². The Morgan fingerprint density at radius 1 is 1.06 bits per heavy atom. The van der Waals surface area contributed by atoms with Gasteiger partial charge < -0.3 is 0 Å². The second-order valence-corrected chi connectivity index (χ2v) is 9.01. The van der Waals surface area contributed by atoms with E-state index in [0.29, 0.717) is 15.8 Å². The summed E-state index contributed by atoms with van der Waals surface area (Å²) in [4.78, 5) is 18.4. The Morgan fingerprint density at radius 3 is 2.52 bits per heavy atom. The van der Waals surface area contributed by atoms with Crippen molar-refractivity contribution >= 4 is 34.0 Å². The van der Waals surface area contributed by atoms with Crippen molar-refractivity contribution in [1.82, 2.24) is 20.0 Å². The van der Waals surface area contributed by atoms with E-state index in [4.69, 9.17) is 11.6 Å². The van der Waals surface area contributed by atoms with Gasteiger partial charge in [-0.1, -0.05) is 35.0 Å². The molecule has 4 aromatic rings. The zero-order valence-corrected chi connectivity index (χ0v) is 19.3. The van der Waals surface area contributed by atoms with Gasteiger partial charge in [-0.3, -0.25) is 10.1 Å². The van der Waals surface area contributed by atoms with Gasteiger partial charge in [0.2, 0.25) is 0 Å². The molecule has 0 spiro atoms. The first-order valence-corrected chi connectivity index (χ1v) is 11.0. The van der Waals surface area contributed by atoms with E-state index in [9.17, 15) is 4.79 Å². The van der Waals surface area contributed by atoms with Gasteiger partial charge >= 0.3 is 0 Å². The van der Waals surface area contributed by atoms with E-state index in [-0.39, 0.29) is 11.6 Å². The predicted molar refractivity (Wildman–Crippen MR) is 125 cm³/mol. The number of aromatic nitrogens is 4. The van der Waals surface area contributed by atoms with E-state index < -0.39 is 0 Å². The summed E-state index contributed by atoms with van der Waals surface area (Å²) in [6.45, 7) is 7.89. The Labute approximate surface area is 189 Å². The van der Waals surface area contributed by atoms with Crippen LogP contribution in [0.3, 0.4) is 0 Å². The van der Waals surface area contributed by atoms with Crippen molar-refractivity contribution in [3.05, 3.63) is 86.1 Å². The van der Waals surface area contributed by atoms with Gasteiger partial charge in [0.15, 0.2) is 10.8 Å². The molecule has 31 heavy (non-hydrogen) atoms. The van der Waals surface area contributed by atoms with Gasteiger partial charge in [-0.15, -0.1) is 16.4 Å². The van der Waals surface area contributed by atoms with Gasteiger partial charge in [-0.2, -0.15) is 0 Å². The number of halogens is 1. The van der Waals surface area contributed by atoms with Crippen LogP contribution in [0.25, 0.3) is 5.69 Å². The highest BCUT2D eigenvalue weighted by atomic mass is 35.5. The molecule has 1 amide bonds. The summed E-state index contributed by atoms with van der Waals surface area (Å²) in [5.74, 6) is -0.320. The van der Waals surface area contributed by atoms with Crippen molar-refractivity contribution in [2.24, 2.45) is 0 Å². The summed E-state index contributed by atoms with van der Waals surface area (Å²) in [5.41, 5.74) is 6.23. The maximum Gasteiger partial charge on any atom is 0.279 e. The maximum atomic E-state index is 12.8. The Hall–Kier alpha value is -3.03. The highest BCUT2D eigenvalue weighted by molar-refractivity contribution is 7.15. The maximum absolute atomic E-state index is 12.8. The number of hydrogen-bond acceptors (Lipinski definition) is 5. The fraction of sp³-hybridized carbons (Fsp3) is 0.217. The molecule has 0 atom stereocenters.